The SMILES string of the molecule is O=C(Nc1ccccc1)c1ccc(CN2CCN(C(=O)CCCc3ccccc3)CC2)cc1. The van der Waals surface area contributed by atoms with Gasteiger partial charge in [0, 0.05) is 50.4 Å². The van der Waals surface area contributed by atoms with Crippen molar-refractivity contribution < 1.29 is 9.59 Å². The molecule has 0 saturated carbocycles. The summed E-state index contributed by atoms with van der Waals surface area (Å²) in [5.74, 6) is 0.159. The molecule has 0 bridgehead atoms. The second kappa shape index (κ2) is 11.4. The average molecular weight is 442 g/mol. The fraction of sp³-hybridized carbons (Fsp3) is 0.286. The molecule has 4 rings (SSSR count). The van der Waals surface area contributed by atoms with Crippen molar-refractivity contribution in [1.29, 1.82) is 0 Å². The van der Waals surface area contributed by atoms with Crippen molar-refractivity contribution in [1.82, 2.24) is 9.80 Å². The highest BCUT2D eigenvalue weighted by Crippen LogP contribution is 2.14. The monoisotopic (exact) mass is 441 g/mol. The van der Waals surface area contributed by atoms with Crippen LogP contribution in [0.25, 0.3) is 0 Å². The second-order valence-corrected chi connectivity index (χ2v) is 8.51. The van der Waals surface area contributed by atoms with Gasteiger partial charge in [0.2, 0.25) is 5.91 Å². The first-order valence-electron chi connectivity index (χ1n) is 11.7. The van der Waals surface area contributed by atoms with Crippen LogP contribution in [0.1, 0.15) is 34.3 Å². The molecule has 1 aliphatic rings. The summed E-state index contributed by atoms with van der Waals surface area (Å²) in [5, 5.41) is 2.91. The maximum Gasteiger partial charge on any atom is 0.255 e. The predicted molar refractivity (Wildman–Crippen MR) is 132 cm³/mol. The summed E-state index contributed by atoms with van der Waals surface area (Å²) in [6.07, 6.45) is 2.46. The fourth-order valence-corrected chi connectivity index (χ4v) is 4.15. The number of anilines is 1. The van der Waals surface area contributed by atoms with Crippen LogP contribution < -0.4 is 5.32 Å². The number of aryl methyl sites for hydroxylation is 1. The van der Waals surface area contributed by atoms with Gasteiger partial charge in [0.05, 0.1) is 0 Å². The van der Waals surface area contributed by atoms with Gasteiger partial charge in [-0.05, 0) is 48.2 Å². The van der Waals surface area contributed by atoms with Gasteiger partial charge in [0.15, 0.2) is 0 Å². The largest absolute Gasteiger partial charge is 0.340 e. The Hall–Kier alpha value is -3.44. The lowest BCUT2D eigenvalue weighted by Crippen LogP contribution is -2.48. The van der Waals surface area contributed by atoms with Crippen molar-refractivity contribution >= 4 is 17.5 Å². The Labute approximate surface area is 196 Å². The number of benzene rings is 3. The van der Waals surface area contributed by atoms with E-state index in [-0.39, 0.29) is 11.8 Å². The Kier molecular flexibility index (Phi) is 7.88. The third-order valence-electron chi connectivity index (χ3n) is 6.08. The number of rotatable bonds is 8. The maximum absolute atomic E-state index is 12.6. The average Bonchev–Trinajstić information content (AvgIpc) is 2.86. The Bertz CT molecular complexity index is 1030. The Balaban J connectivity index is 1.18. The zero-order valence-electron chi connectivity index (χ0n) is 19.0. The summed E-state index contributed by atoms with van der Waals surface area (Å²) >= 11 is 0. The lowest BCUT2D eigenvalue weighted by atomic mass is 10.1. The first-order chi connectivity index (χ1) is 16.2. The van der Waals surface area contributed by atoms with Crippen molar-refractivity contribution in [3.05, 3.63) is 102 Å². The molecule has 0 spiro atoms. The van der Waals surface area contributed by atoms with E-state index >= 15 is 0 Å². The van der Waals surface area contributed by atoms with Crippen LogP contribution in [0.2, 0.25) is 0 Å². The molecular formula is C28H31N3O2. The van der Waals surface area contributed by atoms with Crippen LogP contribution in [-0.2, 0) is 17.8 Å². The zero-order chi connectivity index (χ0) is 22.9. The number of para-hydroxylation sites is 1. The van der Waals surface area contributed by atoms with Crippen molar-refractivity contribution in [3.8, 4) is 0 Å². The number of carbonyl (C=O) groups is 2. The van der Waals surface area contributed by atoms with Gasteiger partial charge in [-0.3, -0.25) is 14.5 Å². The second-order valence-electron chi connectivity index (χ2n) is 8.51. The number of piperazine rings is 1. The molecule has 0 unspecified atom stereocenters. The van der Waals surface area contributed by atoms with Gasteiger partial charge in [-0.2, -0.15) is 0 Å². The molecule has 33 heavy (non-hydrogen) atoms. The minimum atomic E-state index is -0.104. The van der Waals surface area contributed by atoms with Crippen LogP contribution in [0, 0.1) is 0 Å². The molecule has 0 atom stereocenters. The van der Waals surface area contributed by atoms with E-state index in [0.29, 0.717) is 12.0 Å². The fourth-order valence-electron chi connectivity index (χ4n) is 4.15. The number of carbonyl (C=O) groups excluding carboxylic acids is 2. The van der Waals surface area contributed by atoms with Crippen LogP contribution in [-0.4, -0.2) is 47.8 Å². The summed E-state index contributed by atoms with van der Waals surface area (Å²) in [6, 6.07) is 27.6. The molecule has 170 valence electrons. The van der Waals surface area contributed by atoms with Gasteiger partial charge in [-0.25, -0.2) is 0 Å². The zero-order valence-corrected chi connectivity index (χ0v) is 19.0. The topological polar surface area (TPSA) is 52.7 Å². The van der Waals surface area contributed by atoms with Crippen LogP contribution in [0.3, 0.4) is 0 Å². The van der Waals surface area contributed by atoms with Crippen molar-refractivity contribution in [2.45, 2.75) is 25.8 Å². The molecule has 0 aromatic heterocycles. The molecule has 1 aliphatic heterocycles. The number of nitrogens with zero attached hydrogens (tertiary/aromatic N) is 2. The highest BCUT2D eigenvalue weighted by atomic mass is 16.2. The van der Waals surface area contributed by atoms with Gasteiger partial charge in [0.1, 0.15) is 0 Å². The number of amides is 2. The third-order valence-corrected chi connectivity index (χ3v) is 6.08. The van der Waals surface area contributed by atoms with E-state index in [0.717, 1.165) is 51.3 Å². The van der Waals surface area contributed by atoms with Crippen molar-refractivity contribution in [2.24, 2.45) is 0 Å². The third kappa shape index (κ3) is 6.77. The van der Waals surface area contributed by atoms with Crippen LogP contribution in [0.15, 0.2) is 84.9 Å². The minimum absolute atomic E-state index is 0.104. The number of nitrogens with one attached hydrogen (secondary N) is 1. The number of hydrogen-bond acceptors (Lipinski definition) is 3. The summed E-state index contributed by atoms with van der Waals surface area (Å²) in [7, 11) is 0. The Morgan fingerprint density at radius 3 is 2.03 bits per heavy atom. The van der Waals surface area contributed by atoms with Gasteiger partial charge in [-0.15, -0.1) is 0 Å². The molecule has 1 fully saturated rings. The molecule has 0 radical (unpaired) electrons. The summed E-state index contributed by atoms with van der Waals surface area (Å²) in [6.45, 7) is 4.14. The van der Waals surface area contributed by atoms with Crippen molar-refractivity contribution in [2.75, 3.05) is 31.5 Å². The standard InChI is InChI=1S/C28H31N3O2/c32-27(13-7-10-23-8-3-1-4-9-23)31-20-18-30(19-21-31)22-24-14-16-25(17-15-24)28(33)29-26-11-5-2-6-12-26/h1-6,8-9,11-12,14-17H,7,10,13,18-22H2,(H,29,33). The maximum atomic E-state index is 12.6. The Morgan fingerprint density at radius 2 is 1.36 bits per heavy atom. The molecule has 5 heteroatoms. The first-order valence-corrected chi connectivity index (χ1v) is 11.7. The normalized spacial score (nSPS) is 14.1. The Morgan fingerprint density at radius 1 is 0.727 bits per heavy atom. The first kappa shape index (κ1) is 22.7. The summed E-state index contributed by atoms with van der Waals surface area (Å²) < 4.78 is 0. The molecule has 1 N–H and O–H groups in total. The smallest absolute Gasteiger partial charge is 0.255 e. The van der Waals surface area contributed by atoms with Crippen molar-refractivity contribution in [3.63, 3.8) is 0 Å². The quantitative estimate of drug-likeness (QED) is 0.556. The highest BCUT2D eigenvalue weighted by Gasteiger charge is 2.20. The van der Waals surface area contributed by atoms with Gasteiger partial charge in [0.25, 0.3) is 5.91 Å². The summed E-state index contributed by atoms with van der Waals surface area (Å²) in [4.78, 5) is 29.3. The van der Waals surface area contributed by atoms with Gasteiger partial charge < -0.3 is 10.2 Å². The highest BCUT2D eigenvalue weighted by molar-refractivity contribution is 6.04. The van der Waals surface area contributed by atoms with Gasteiger partial charge in [-0.1, -0.05) is 60.7 Å². The van der Waals surface area contributed by atoms with Crippen LogP contribution in [0.5, 0.6) is 0 Å². The molecule has 3 aromatic rings. The van der Waals surface area contributed by atoms with E-state index in [9.17, 15) is 9.59 Å². The number of hydrogen-bond donors (Lipinski definition) is 1. The van der Waals surface area contributed by atoms with Crippen LogP contribution >= 0.6 is 0 Å². The van der Waals surface area contributed by atoms with E-state index in [2.05, 4.69) is 22.3 Å². The van der Waals surface area contributed by atoms with E-state index < -0.39 is 0 Å². The lowest BCUT2D eigenvalue weighted by molar-refractivity contribution is -0.133. The molecule has 1 saturated heterocycles. The molecule has 5 nitrogen and oxygen atoms in total. The lowest BCUT2D eigenvalue weighted by Gasteiger charge is -2.35. The summed E-state index contributed by atoms with van der Waals surface area (Å²) in [5.41, 5.74) is 3.90. The van der Waals surface area contributed by atoms with E-state index in [4.69, 9.17) is 0 Å². The molecule has 3 aromatic carbocycles. The molecule has 2 amide bonds. The molecule has 0 aliphatic carbocycles. The predicted octanol–water partition coefficient (Wildman–Crippen LogP) is 4.61. The van der Waals surface area contributed by atoms with E-state index in [1.807, 2.05) is 77.7 Å². The van der Waals surface area contributed by atoms with E-state index in [1.54, 1.807) is 0 Å². The van der Waals surface area contributed by atoms with Gasteiger partial charge >= 0.3 is 0 Å². The van der Waals surface area contributed by atoms with E-state index in [1.165, 1.54) is 11.1 Å². The minimum Gasteiger partial charge on any atom is -0.340 e. The molecule has 1 heterocycles. The van der Waals surface area contributed by atoms with Crippen LogP contribution in [0.4, 0.5) is 5.69 Å². The molecular weight excluding hydrogens is 410 g/mol.